The lowest BCUT2D eigenvalue weighted by Crippen LogP contribution is -2.43. The summed E-state index contributed by atoms with van der Waals surface area (Å²) in [7, 11) is 0. The lowest BCUT2D eigenvalue weighted by atomic mass is 9.76. The van der Waals surface area contributed by atoms with E-state index in [2.05, 4.69) is 13.8 Å². The highest BCUT2D eigenvalue weighted by Gasteiger charge is 2.51. The van der Waals surface area contributed by atoms with Gasteiger partial charge in [-0.3, -0.25) is 0 Å². The number of halogens is 2. The Hall–Kier alpha value is -0.240. The third-order valence-electron chi connectivity index (χ3n) is 3.62. The summed E-state index contributed by atoms with van der Waals surface area (Å²) < 4.78 is 0. The van der Waals surface area contributed by atoms with E-state index in [1.807, 2.05) is 12.1 Å². The number of benzene rings is 1. The number of rotatable bonds is 2. The average molecular weight is 244 g/mol. The van der Waals surface area contributed by atoms with Crippen molar-refractivity contribution < 1.29 is 0 Å². The van der Waals surface area contributed by atoms with Crippen molar-refractivity contribution in [2.75, 3.05) is 0 Å². The Morgan fingerprint density at radius 1 is 1.13 bits per heavy atom. The molecule has 1 fully saturated rings. The van der Waals surface area contributed by atoms with Crippen LogP contribution >= 0.6 is 23.2 Å². The summed E-state index contributed by atoms with van der Waals surface area (Å²) >= 11 is 12.0. The van der Waals surface area contributed by atoms with Crippen LogP contribution in [0.25, 0.3) is 0 Å². The Balaban J connectivity index is 2.44. The minimum absolute atomic E-state index is 0.0679. The molecule has 0 aromatic heterocycles. The fourth-order valence-electron chi connectivity index (χ4n) is 1.96. The maximum Gasteiger partial charge on any atom is 0.0423 e. The molecule has 0 radical (unpaired) electrons. The standard InChI is InChI=1S/C12H15Cl2N/c1-11(2,12(15)3-4-12)8-5-9(13)7-10(14)6-8/h5-7H,3-4,15H2,1-2H3. The van der Waals surface area contributed by atoms with Crippen molar-refractivity contribution in [3.63, 3.8) is 0 Å². The highest BCUT2D eigenvalue weighted by molar-refractivity contribution is 6.34. The molecule has 1 aromatic carbocycles. The summed E-state index contributed by atoms with van der Waals surface area (Å²) in [5.74, 6) is 0. The van der Waals surface area contributed by atoms with Crippen LogP contribution < -0.4 is 5.73 Å². The molecular weight excluding hydrogens is 229 g/mol. The molecule has 1 aromatic rings. The number of hydrogen-bond acceptors (Lipinski definition) is 1. The van der Waals surface area contributed by atoms with Gasteiger partial charge in [0.2, 0.25) is 0 Å². The monoisotopic (exact) mass is 243 g/mol. The molecule has 1 nitrogen and oxygen atoms in total. The second-order valence-corrected chi connectivity index (χ2v) is 5.81. The molecule has 82 valence electrons. The van der Waals surface area contributed by atoms with Gasteiger partial charge in [0, 0.05) is 21.0 Å². The first-order valence-corrected chi connectivity index (χ1v) is 5.86. The highest BCUT2D eigenvalue weighted by Crippen LogP contribution is 2.49. The third kappa shape index (κ3) is 1.89. The van der Waals surface area contributed by atoms with Gasteiger partial charge in [-0.05, 0) is 36.6 Å². The van der Waals surface area contributed by atoms with Gasteiger partial charge in [-0.2, -0.15) is 0 Å². The average Bonchev–Trinajstić information content (AvgIpc) is 2.83. The Morgan fingerprint density at radius 3 is 2.00 bits per heavy atom. The van der Waals surface area contributed by atoms with Crippen LogP contribution in [0.2, 0.25) is 10.0 Å². The first kappa shape index (κ1) is 11.3. The van der Waals surface area contributed by atoms with Crippen LogP contribution in [0.3, 0.4) is 0 Å². The van der Waals surface area contributed by atoms with E-state index in [0.717, 1.165) is 18.4 Å². The van der Waals surface area contributed by atoms with Crippen molar-refractivity contribution in [3.8, 4) is 0 Å². The zero-order valence-electron chi connectivity index (χ0n) is 8.98. The van der Waals surface area contributed by atoms with Crippen LogP contribution in [-0.2, 0) is 5.41 Å². The Morgan fingerprint density at radius 2 is 1.60 bits per heavy atom. The quantitative estimate of drug-likeness (QED) is 0.842. The van der Waals surface area contributed by atoms with E-state index in [1.165, 1.54) is 0 Å². The highest BCUT2D eigenvalue weighted by atomic mass is 35.5. The molecule has 0 unspecified atom stereocenters. The van der Waals surface area contributed by atoms with Crippen molar-refractivity contribution in [3.05, 3.63) is 33.8 Å². The van der Waals surface area contributed by atoms with E-state index in [4.69, 9.17) is 28.9 Å². The largest absolute Gasteiger partial charge is 0.324 e. The van der Waals surface area contributed by atoms with Crippen molar-refractivity contribution in [1.29, 1.82) is 0 Å². The van der Waals surface area contributed by atoms with Gasteiger partial charge in [0.05, 0.1) is 0 Å². The maximum atomic E-state index is 6.27. The molecule has 0 heterocycles. The molecule has 2 rings (SSSR count). The second kappa shape index (κ2) is 3.38. The van der Waals surface area contributed by atoms with Crippen molar-refractivity contribution in [2.45, 2.75) is 37.6 Å². The van der Waals surface area contributed by atoms with Gasteiger partial charge in [-0.25, -0.2) is 0 Å². The smallest absolute Gasteiger partial charge is 0.0423 e. The SMILES string of the molecule is CC(C)(c1cc(Cl)cc(Cl)c1)C1(N)CC1. The van der Waals surface area contributed by atoms with E-state index in [-0.39, 0.29) is 11.0 Å². The van der Waals surface area contributed by atoms with Crippen molar-refractivity contribution in [1.82, 2.24) is 0 Å². The molecule has 2 N–H and O–H groups in total. The molecule has 0 amide bonds. The molecule has 0 atom stereocenters. The van der Waals surface area contributed by atoms with Crippen LogP contribution in [0.5, 0.6) is 0 Å². The van der Waals surface area contributed by atoms with E-state index in [1.54, 1.807) is 6.07 Å². The maximum absolute atomic E-state index is 6.27. The molecule has 1 saturated carbocycles. The Bertz CT molecular complexity index is 374. The predicted molar refractivity (Wildman–Crippen MR) is 65.6 cm³/mol. The third-order valence-corrected chi connectivity index (χ3v) is 4.05. The van der Waals surface area contributed by atoms with Crippen LogP contribution in [-0.4, -0.2) is 5.54 Å². The lowest BCUT2D eigenvalue weighted by Gasteiger charge is -2.32. The fraction of sp³-hybridized carbons (Fsp3) is 0.500. The van der Waals surface area contributed by atoms with Gasteiger partial charge in [-0.1, -0.05) is 37.0 Å². The Labute approximate surface area is 101 Å². The van der Waals surface area contributed by atoms with Crippen LogP contribution in [0, 0.1) is 0 Å². The van der Waals surface area contributed by atoms with Gasteiger partial charge in [0.25, 0.3) is 0 Å². The van der Waals surface area contributed by atoms with Crippen LogP contribution in [0.4, 0.5) is 0 Å². The summed E-state index contributed by atoms with van der Waals surface area (Å²) in [6, 6.07) is 5.67. The molecule has 1 aliphatic rings. The van der Waals surface area contributed by atoms with E-state index in [0.29, 0.717) is 10.0 Å². The van der Waals surface area contributed by atoms with Gasteiger partial charge >= 0.3 is 0 Å². The fourth-order valence-corrected chi connectivity index (χ4v) is 2.49. The van der Waals surface area contributed by atoms with Gasteiger partial charge in [-0.15, -0.1) is 0 Å². The number of nitrogens with two attached hydrogens (primary N) is 1. The zero-order valence-corrected chi connectivity index (χ0v) is 10.5. The van der Waals surface area contributed by atoms with Crippen LogP contribution in [0.15, 0.2) is 18.2 Å². The first-order chi connectivity index (χ1) is 6.85. The van der Waals surface area contributed by atoms with Crippen molar-refractivity contribution in [2.24, 2.45) is 5.73 Å². The topological polar surface area (TPSA) is 26.0 Å². The van der Waals surface area contributed by atoms with Gasteiger partial charge in [0.1, 0.15) is 0 Å². The summed E-state index contributed by atoms with van der Waals surface area (Å²) in [4.78, 5) is 0. The summed E-state index contributed by atoms with van der Waals surface area (Å²) in [6.07, 6.45) is 2.15. The zero-order chi connectivity index (χ0) is 11.3. The number of hydrogen-bond donors (Lipinski definition) is 1. The molecular formula is C12H15Cl2N. The molecule has 0 bridgehead atoms. The molecule has 0 aliphatic heterocycles. The summed E-state index contributed by atoms with van der Waals surface area (Å²) in [5.41, 5.74) is 7.25. The predicted octanol–water partition coefficient (Wildman–Crippen LogP) is 3.76. The molecule has 15 heavy (non-hydrogen) atoms. The second-order valence-electron chi connectivity index (χ2n) is 4.94. The minimum Gasteiger partial charge on any atom is -0.324 e. The van der Waals surface area contributed by atoms with E-state index in [9.17, 15) is 0 Å². The molecule has 0 spiro atoms. The summed E-state index contributed by atoms with van der Waals surface area (Å²) in [6.45, 7) is 4.31. The van der Waals surface area contributed by atoms with Crippen molar-refractivity contribution >= 4 is 23.2 Å². The van der Waals surface area contributed by atoms with E-state index >= 15 is 0 Å². The van der Waals surface area contributed by atoms with Crippen LogP contribution in [0.1, 0.15) is 32.3 Å². The molecule has 0 saturated heterocycles. The van der Waals surface area contributed by atoms with Gasteiger partial charge < -0.3 is 5.73 Å². The summed E-state index contributed by atoms with van der Waals surface area (Å²) in [5, 5.41) is 1.35. The van der Waals surface area contributed by atoms with E-state index < -0.39 is 0 Å². The first-order valence-electron chi connectivity index (χ1n) is 5.11. The normalized spacial score (nSPS) is 19.0. The Kier molecular flexibility index (Phi) is 2.53. The van der Waals surface area contributed by atoms with Gasteiger partial charge in [0.15, 0.2) is 0 Å². The molecule has 1 aliphatic carbocycles. The molecule has 3 heteroatoms. The minimum atomic E-state index is -0.0823. The lowest BCUT2D eigenvalue weighted by molar-refractivity contribution is 0.391.